The molecule has 11 heteroatoms. The zero-order chi connectivity index (χ0) is 24.4. The van der Waals surface area contributed by atoms with Gasteiger partial charge in [0.25, 0.3) is 0 Å². The summed E-state index contributed by atoms with van der Waals surface area (Å²) in [6, 6.07) is 13.6. The molecule has 178 valence electrons. The van der Waals surface area contributed by atoms with Gasteiger partial charge < -0.3 is 25.4 Å². The molecule has 34 heavy (non-hydrogen) atoms. The Morgan fingerprint density at radius 3 is 2.65 bits per heavy atom. The quantitative estimate of drug-likeness (QED) is 0.389. The molecular weight excluding hydrogens is 436 g/mol. The summed E-state index contributed by atoms with van der Waals surface area (Å²) >= 11 is 0. The molecule has 11 nitrogen and oxygen atoms in total. The van der Waals surface area contributed by atoms with Crippen LogP contribution in [0.2, 0.25) is 0 Å². The maximum Gasteiger partial charge on any atom is 0.240 e. The standard InChI is InChI=1S/C23H28N8O3/c1-23(2,24)22(32)27-19(12-14-33-18-9-5-4-6-10-18)21-28-29-30-31(21)17(15-25-3)16-34-20-11-7-8-13-26-20/h4-11,13,17,19H,12,14-16,24H2,1-2H3,(H,27,32)/t17-,19-/m1/s1. The predicted octanol–water partition coefficient (Wildman–Crippen LogP) is 1.97. The molecule has 0 radical (unpaired) electrons. The third kappa shape index (κ3) is 6.98. The van der Waals surface area contributed by atoms with Crippen molar-refractivity contribution in [2.75, 3.05) is 19.8 Å². The van der Waals surface area contributed by atoms with Crippen molar-refractivity contribution in [1.82, 2.24) is 30.5 Å². The minimum atomic E-state index is -1.10. The van der Waals surface area contributed by atoms with Gasteiger partial charge in [-0.15, -0.1) is 5.10 Å². The maximum absolute atomic E-state index is 12.7. The summed E-state index contributed by atoms with van der Waals surface area (Å²) in [6.45, 7) is 11.1. The lowest BCUT2D eigenvalue weighted by atomic mass is 10.0. The Balaban J connectivity index is 1.79. The van der Waals surface area contributed by atoms with Crippen molar-refractivity contribution in [3.63, 3.8) is 0 Å². The molecule has 2 atom stereocenters. The van der Waals surface area contributed by atoms with Gasteiger partial charge in [0, 0.05) is 18.7 Å². The number of carbonyl (C=O) groups is 1. The third-order valence-electron chi connectivity index (χ3n) is 4.85. The van der Waals surface area contributed by atoms with Crippen molar-refractivity contribution in [2.24, 2.45) is 5.73 Å². The van der Waals surface area contributed by atoms with Crippen molar-refractivity contribution in [3.05, 3.63) is 72.0 Å². The molecule has 0 bridgehead atoms. The molecule has 0 saturated carbocycles. The molecule has 1 aromatic carbocycles. The average Bonchev–Trinajstić information content (AvgIpc) is 3.31. The number of hydrogen-bond acceptors (Lipinski definition) is 8. The molecule has 2 heterocycles. The number of para-hydroxylation sites is 1. The van der Waals surface area contributed by atoms with E-state index < -0.39 is 17.6 Å². The SMILES string of the molecule is [C-]#[N+]C[C@H](COc1ccccn1)n1nnnc1[C@@H](CCOc1ccccc1)NC(=O)C(C)(C)N. The van der Waals surface area contributed by atoms with E-state index in [2.05, 4.69) is 30.7 Å². The molecule has 3 N–H and O–H groups in total. The minimum absolute atomic E-state index is 0.0778. The van der Waals surface area contributed by atoms with E-state index in [9.17, 15) is 4.79 Å². The first-order chi connectivity index (χ1) is 16.4. The number of ether oxygens (including phenoxy) is 2. The van der Waals surface area contributed by atoms with E-state index in [-0.39, 0.29) is 19.1 Å². The third-order valence-corrected chi connectivity index (χ3v) is 4.85. The molecule has 1 amide bonds. The fourth-order valence-electron chi connectivity index (χ4n) is 3.03. The van der Waals surface area contributed by atoms with Gasteiger partial charge in [0.15, 0.2) is 11.9 Å². The van der Waals surface area contributed by atoms with Crippen LogP contribution < -0.4 is 20.5 Å². The summed E-state index contributed by atoms with van der Waals surface area (Å²) in [4.78, 5) is 20.3. The Morgan fingerprint density at radius 2 is 1.97 bits per heavy atom. The first kappa shape index (κ1) is 24.6. The molecule has 0 aliphatic carbocycles. The lowest BCUT2D eigenvalue weighted by molar-refractivity contribution is -0.126. The lowest BCUT2D eigenvalue weighted by Crippen LogP contribution is -2.50. The van der Waals surface area contributed by atoms with Crippen LogP contribution in [0.5, 0.6) is 11.6 Å². The molecule has 0 aliphatic heterocycles. The summed E-state index contributed by atoms with van der Waals surface area (Å²) in [5.41, 5.74) is 4.89. The second-order valence-electron chi connectivity index (χ2n) is 8.15. The highest BCUT2D eigenvalue weighted by Crippen LogP contribution is 2.21. The van der Waals surface area contributed by atoms with Crippen molar-refractivity contribution in [3.8, 4) is 11.6 Å². The van der Waals surface area contributed by atoms with Gasteiger partial charge in [-0.2, -0.15) is 0 Å². The first-order valence-electron chi connectivity index (χ1n) is 10.8. The summed E-state index contributed by atoms with van der Waals surface area (Å²) in [7, 11) is 0. The van der Waals surface area contributed by atoms with E-state index in [1.807, 2.05) is 36.4 Å². The number of benzene rings is 1. The summed E-state index contributed by atoms with van der Waals surface area (Å²) in [5, 5.41) is 15.0. The predicted molar refractivity (Wildman–Crippen MR) is 124 cm³/mol. The van der Waals surface area contributed by atoms with Gasteiger partial charge in [-0.3, -0.25) is 4.79 Å². The molecular formula is C23H28N8O3. The monoisotopic (exact) mass is 464 g/mol. The zero-order valence-corrected chi connectivity index (χ0v) is 19.2. The molecule has 0 saturated heterocycles. The Hall–Kier alpha value is -4.04. The van der Waals surface area contributed by atoms with Crippen LogP contribution >= 0.6 is 0 Å². The Labute approximate surface area is 198 Å². The molecule has 2 aromatic heterocycles. The van der Waals surface area contributed by atoms with E-state index in [0.29, 0.717) is 30.5 Å². The Bertz CT molecular complexity index is 1080. The highest BCUT2D eigenvalue weighted by molar-refractivity contribution is 5.85. The van der Waals surface area contributed by atoms with Crippen LogP contribution in [0.4, 0.5) is 0 Å². The zero-order valence-electron chi connectivity index (χ0n) is 19.2. The first-order valence-corrected chi connectivity index (χ1v) is 10.8. The second kappa shape index (κ2) is 11.7. The number of rotatable bonds is 12. The summed E-state index contributed by atoms with van der Waals surface area (Å²) < 4.78 is 13.1. The van der Waals surface area contributed by atoms with Crippen molar-refractivity contribution in [1.29, 1.82) is 0 Å². The van der Waals surface area contributed by atoms with Gasteiger partial charge in [0.05, 0.1) is 18.2 Å². The van der Waals surface area contributed by atoms with Gasteiger partial charge in [0.2, 0.25) is 18.3 Å². The van der Waals surface area contributed by atoms with Gasteiger partial charge in [-0.05, 0) is 42.5 Å². The van der Waals surface area contributed by atoms with Gasteiger partial charge >= 0.3 is 0 Å². The van der Waals surface area contributed by atoms with E-state index in [1.165, 1.54) is 4.68 Å². The maximum atomic E-state index is 12.7. The number of amides is 1. The number of nitrogens with two attached hydrogens (primary N) is 1. The topological polar surface area (TPSA) is 134 Å². The van der Waals surface area contributed by atoms with Gasteiger partial charge in [0.1, 0.15) is 12.4 Å². The van der Waals surface area contributed by atoms with E-state index >= 15 is 0 Å². The number of tetrazole rings is 1. The molecule has 0 spiro atoms. The largest absolute Gasteiger partial charge is 0.494 e. The molecule has 0 aliphatic rings. The number of carbonyl (C=O) groups excluding carboxylic acids is 1. The molecule has 3 aromatic rings. The molecule has 3 rings (SSSR count). The van der Waals surface area contributed by atoms with E-state index in [1.54, 1.807) is 32.2 Å². The number of pyridine rings is 1. The highest BCUT2D eigenvalue weighted by Gasteiger charge is 2.31. The van der Waals surface area contributed by atoms with Crippen LogP contribution in [0.15, 0.2) is 54.7 Å². The van der Waals surface area contributed by atoms with Gasteiger partial charge in [-0.1, -0.05) is 24.3 Å². The van der Waals surface area contributed by atoms with Crippen molar-refractivity contribution < 1.29 is 14.3 Å². The number of nitrogens with zero attached hydrogens (tertiary/aromatic N) is 6. The van der Waals surface area contributed by atoms with Crippen LogP contribution in [0.3, 0.4) is 0 Å². The van der Waals surface area contributed by atoms with Crippen LogP contribution in [0.25, 0.3) is 4.85 Å². The number of aromatic nitrogens is 5. The fraction of sp³-hybridized carbons (Fsp3) is 0.391. The van der Waals surface area contributed by atoms with Crippen LogP contribution in [-0.2, 0) is 4.79 Å². The highest BCUT2D eigenvalue weighted by atomic mass is 16.5. The molecule has 0 unspecified atom stereocenters. The van der Waals surface area contributed by atoms with Crippen LogP contribution in [-0.4, -0.2) is 56.4 Å². The second-order valence-corrected chi connectivity index (χ2v) is 8.15. The normalized spacial score (nSPS) is 12.9. The van der Waals surface area contributed by atoms with Gasteiger partial charge in [-0.25, -0.2) is 16.2 Å². The minimum Gasteiger partial charge on any atom is -0.494 e. The average molecular weight is 465 g/mol. The summed E-state index contributed by atoms with van der Waals surface area (Å²) in [5.74, 6) is 1.16. The van der Waals surface area contributed by atoms with Crippen molar-refractivity contribution in [2.45, 2.75) is 37.9 Å². The van der Waals surface area contributed by atoms with E-state index in [0.717, 1.165) is 0 Å². The fourth-order valence-corrected chi connectivity index (χ4v) is 3.03. The lowest BCUT2D eigenvalue weighted by Gasteiger charge is -2.25. The number of hydrogen-bond donors (Lipinski definition) is 2. The Morgan fingerprint density at radius 1 is 1.21 bits per heavy atom. The number of nitrogens with one attached hydrogen (secondary N) is 1. The van der Waals surface area contributed by atoms with Crippen LogP contribution in [0.1, 0.15) is 38.2 Å². The smallest absolute Gasteiger partial charge is 0.240 e. The van der Waals surface area contributed by atoms with Crippen LogP contribution in [0, 0.1) is 6.57 Å². The van der Waals surface area contributed by atoms with Crippen molar-refractivity contribution >= 4 is 5.91 Å². The molecule has 0 fully saturated rings. The summed E-state index contributed by atoms with van der Waals surface area (Å²) in [6.07, 6.45) is 2.00. The Kier molecular flexibility index (Phi) is 8.48. The van der Waals surface area contributed by atoms with E-state index in [4.69, 9.17) is 21.8 Å².